The predicted octanol–water partition coefficient (Wildman–Crippen LogP) is 3.05. The average Bonchev–Trinajstić information content (AvgIpc) is 2.80. The van der Waals surface area contributed by atoms with Crippen LogP contribution in [0.2, 0.25) is 5.02 Å². The zero-order valence-electron chi connectivity index (χ0n) is 10.1. The van der Waals surface area contributed by atoms with Crippen molar-refractivity contribution in [2.45, 2.75) is 10.8 Å². The first-order chi connectivity index (χ1) is 9.47. The Morgan fingerprint density at radius 1 is 1.45 bits per heavy atom. The quantitative estimate of drug-likeness (QED) is 0.879. The Balaban J connectivity index is 1.89. The molecule has 20 heavy (non-hydrogen) atoms. The Bertz CT molecular complexity index is 657. The molecule has 8 heteroatoms. The molecular formula is C12H9Cl3N4O. The summed E-state index contributed by atoms with van der Waals surface area (Å²) in [6.45, 7) is 0. The van der Waals surface area contributed by atoms with Crippen molar-refractivity contribution in [3.05, 3.63) is 35.9 Å². The van der Waals surface area contributed by atoms with Crippen LogP contribution in [0.1, 0.15) is 6.42 Å². The molecule has 0 bridgehead atoms. The van der Waals surface area contributed by atoms with E-state index in [1.54, 1.807) is 18.2 Å². The van der Waals surface area contributed by atoms with E-state index in [-0.39, 0.29) is 5.91 Å². The van der Waals surface area contributed by atoms with Gasteiger partial charge in [-0.15, -0.1) is 23.2 Å². The fraction of sp³-hybridized carbons (Fsp3) is 0.250. The number of nitrogens with one attached hydrogen (secondary N) is 1. The number of amides is 1. The van der Waals surface area contributed by atoms with E-state index in [2.05, 4.69) is 15.4 Å². The molecule has 0 radical (unpaired) electrons. The molecule has 1 aliphatic rings. The number of hydrogen-bond donors (Lipinski definition) is 1. The molecule has 1 saturated carbocycles. The van der Waals surface area contributed by atoms with Gasteiger partial charge in [0, 0.05) is 5.02 Å². The molecule has 1 N–H and O–H groups in total. The van der Waals surface area contributed by atoms with Gasteiger partial charge in [-0.25, -0.2) is 9.67 Å². The monoisotopic (exact) mass is 330 g/mol. The summed E-state index contributed by atoms with van der Waals surface area (Å²) in [6, 6.07) is 5.09. The molecule has 1 amide bonds. The maximum Gasteiger partial charge on any atom is 0.230 e. The number of carbonyl (C=O) groups is 1. The lowest BCUT2D eigenvalue weighted by atomic mass is 10.2. The van der Waals surface area contributed by atoms with Gasteiger partial charge in [0.2, 0.25) is 5.91 Å². The number of halogens is 3. The molecule has 1 heterocycles. The minimum atomic E-state index is -0.962. The number of aromatic nitrogens is 3. The summed E-state index contributed by atoms with van der Waals surface area (Å²) in [4.78, 5) is 15.9. The predicted molar refractivity (Wildman–Crippen MR) is 77.5 cm³/mol. The van der Waals surface area contributed by atoms with Crippen LogP contribution < -0.4 is 5.32 Å². The summed E-state index contributed by atoms with van der Waals surface area (Å²) in [6.07, 6.45) is 3.38. The Morgan fingerprint density at radius 3 is 2.80 bits per heavy atom. The molecule has 1 atom stereocenters. The molecule has 0 spiro atoms. The Morgan fingerprint density at radius 2 is 2.20 bits per heavy atom. The van der Waals surface area contributed by atoms with Gasteiger partial charge >= 0.3 is 0 Å². The smallest absolute Gasteiger partial charge is 0.230 e. The Hall–Kier alpha value is -1.30. The topological polar surface area (TPSA) is 59.8 Å². The summed E-state index contributed by atoms with van der Waals surface area (Å²) in [7, 11) is 0. The molecule has 1 unspecified atom stereocenters. The maximum absolute atomic E-state index is 12.1. The van der Waals surface area contributed by atoms with Crippen molar-refractivity contribution in [3.63, 3.8) is 0 Å². The summed E-state index contributed by atoms with van der Waals surface area (Å²) < 4.78 is 0.573. The summed E-state index contributed by atoms with van der Waals surface area (Å²) in [5, 5.41) is 7.31. The van der Waals surface area contributed by atoms with Gasteiger partial charge < -0.3 is 5.32 Å². The first kappa shape index (κ1) is 13.7. The van der Waals surface area contributed by atoms with Crippen LogP contribution in [0.4, 0.5) is 5.69 Å². The van der Waals surface area contributed by atoms with Gasteiger partial charge in [0.05, 0.1) is 17.3 Å². The van der Waals surface area contributed by atoms with Gasteiger partial charge in [-0.1, -0.05) is 11.6 Å². The molecule has 1 fully saturated rings. The van der Waals surface area contributed by atoms with Crippen LogP contribution in [0.5, 0.6) is 0 Å². The standard InChI is InChI=1S/C12H9Cl3N4O/c13-7-1-2-10(19-6-16-5-17-19)9(3-7)18-11(20)8-4-12(8,14)15/h1-3,5-6,8H,4H2,(H,18,20). The average molecular weight is 332 g/mol. The highest BCUT2D eigenvalue weighted by atomic mass is 35.5. The maximum atomic E-state index is 12.1. The minimum absolute atomic E-state index is 0.237. The van der Waals surface area contributed by atoms with Crippen molar-refractivity contribution in [1.82, 2.24) is 14.8 Å². The molecule has 1 aromatic heterocycles. The van der Waals surface area contributed by atoms with Gasteiger partial charge in [-0.05, 0) is 24.6 Å². The van der Waals surface area contributed by atoms with E-state index in [9.17, 15) is 4.79 Å². The van der Waals surface area contributed by atoms with E-state index in [0.29, 0.717) is 22.8 Å². The zero-order chi connectivity index (χ0) is 14.3. The fourth-order valence-electron chi connectivity index (χ4n) is 1.86. The van der Waals surface area contributed by atoms with Crippen LogP contribution in [0.25, 0.3) is 5.69 Å². The largest absolute Gasteiger partial charge is 0.324 e. The van der Waals surface area contributed by atoms with Crippen LogP contribution in [0.3, 0.4) is 0 Å². The second-order valence-corrected chi connectivity index (χ2v) is 6.49. The van der Waals surface area contributed by atoms with E-state index in [1.807, 2.05) is 0 Å². The Kier molecular flexibility index (Phi) is 3.36. The van der Waals surface area contributed by atoms with Crippen LogP contribution in [0, 0.1) is 5.92 Å². The van der Waals surface area contributed by atoms with E-state index in [4.69, 9.17) is 34.8 Å². The highest BCUT2D eigenvalue weighted by Gasteiger charge is 2.56. The summed E-state index contributed by atoms with van der Waals surface area (Å²) in [5.41, 5.74) is 1.19. The summed E-state index contributed by atoms with van der Waals surface area (Å²) in [5.74, 6) is -0.646. The van der Waals surface area contributed by atoms with Crippen molar-refractivity contribution in [2.24, 2.45) is 5.92 Å². The molecule has 0 saturated heterocycles. The molecule has 104 valence electrons. The minimum Gasteiger partial charge on any atom is -0.324 e. The highest BCUT2D eigenvalue weighted by Crippen LogP contribution is 2.53. The van der Waals surface area contributed by atoms with Gasteiger partial charge in [0.15, 0.2) is 0 Å². The van der Waals surface area contributed by atoms with E-state index in [1.165, 1.54) is 17.3 Å². The molecule has 1 aromatic carbocycles. The third kappa shape index (κ3) is 2.61. The van der Waals surface area contributed by atoms with Gasteiger partial charge in [0.1, 0.15) is 17.0 Å². The first-order valence-corrected chi connectivity index (χ1v) is 6.94. The molecule has 5 nitrogen and oxygen atoms in total. The molecule has 0 aliphatic heterocycles. The first-order valence-electron chi connectivity index (χ1n) is 5.80. The molecular weight excluding hydrogens is 323 g/mol. The number of alkyl halides is 2. The van der Waals surface area contributed by atoms with Crippen molar-refractivity contribution in [1.29, 1.82) is 0 Å². The number of benzene rings is 1. The third-order valence-electron chi connectivity index (χ3n) is 3.02. The lowest BCUT2D eigenvalue weighted by Gasteiger charge is -2.11. The molecule has 3 rings (SSSR count). The number of carbonyl (C=O) groups excluding carboxylic acids is 1. The van der Waals surface area contributed by atoms with Crippen molar-refractivity contribution in [2.75, 3.05) is 5.32 Å². The van der Waals surface area contributed by atoms with Crippen LogP contribution >= 0.6 is 34.8 Å². The molecule has 1 aliphatic carbocycles. The number of rotatable bonds is 3. The zero-order valence-corrected chi connectivity index (χ0v) is 12.3. The van der Waals surface area contributed by atoms with Crippen molar-refractivity contribution >= 4 is 46.4 Å². The van der Waals surface area contributed by atoms with Crippen molar-refractivity contribution < 1.29 is 4.79 Å². The van der Waals surface area contributed by atoms with Gasteiger partial charge in [0.25, 0.3) is 0 Å². The number of hydrogen-bond acceptors (Lipinski definition) is 3. The molecule has 2 aromatic rings. The second kappa shape index (κ2) is 4.91. The number of nitrogens with zero attached hydrogens (tertiary/aromatic N) is 3. The van der Waals surface area contributed by atoms with Crippen molar-refractivity contribution in [3.8, 4) is 5.69 Å². The fourth-order valence-corrected chi connectivity index (χ4v) is 2.54. The SMILES string of the molecule is O=C(Nc1cc(Cl)ccc1-n1cncn1)C1CC1(Cl)Cl. The van der Waals surface area contributed by atoms with Gasteiger partial charge in [-0.3, -0.25) is 4.79 Å². The van der Waals surface area contributed by atoms with E-state index in [0.717, 1.165) is 0 Å². The second-order valence-electron chi connectivity index (χ2n) is 4.51. The Labute approximate surface area is 129 Å². The lowest BCUT2D eigenvalue weighted by Crippen LogP contribution is -2.18. The van der Waals surface area contributed by atoms with Crippen LogP contribution in [-0.4, -0.2) is 25.0 Å². The number of anilines is 1. The lowest BCUT2D eigenvalue weighted by molar-refractivity contribution is -0.117. The van der Waals surface area contributed by atoms with E-state index < -0.39 is 10.3 Å². The van der Waals surface area contributed by atoms with Gasteiger partial charge in [-0.2, -0.15) is 5.10 Å². The third-order valence-corrected chi connectivity index (χ3v) is 4.10. The van der Waals surface area contributed by atoms with E-state index >= 15 is 0 Å². The van der Waals surface area contributed by atoms with Crippen LogP contribution in [0.15, 0.2) is 30.9 Å². The summed E-state index contributed by atoms with van der Waals surface area (Å²) >= 11 is 17.7. The normalized spacial score (nSPS) is 19.6. The van der Waals surface area contributed by atoms with Crippen LogP contribution in [-0.2, 0) is 4.79 Å². The highest BCUT2D eigenvalue weighted by molar-refractivity contribution is 6.52.